The average Bonchev–Trinajstić information content (AvgIpc) is 3.28. The number of halogens is 1. The molecule has 1 amide bonds. The number of rotatable bonds is 5. The van der Waals surface area contributed by atoms with Crippen LogP contribution in [0.25, 0.3) is 0 Å². The van der Waals surface area contributed by atoms with Crippen molar-refractivity contribution in [3.8, 4) is 0 Å². The van der Waals surface area contributed by atoms with Crippen molar-refractivity contribution in [3.63, 3.8) is 0 Å². The summed E-state index contributed by atoms with van der Waals surface area (Å²) in [7, 11) is 0. The van der Waals surface area contributed by atoms with Gasteiger partial charge < -0.3 is 14.4 Å². The van der Waals surface area contributed by atoms with Crippen molar-refractivity contribution >= 4 is 27.8 Å². The molecule has 2 fully saturated rings. The monoisotopic (exact) mass is 419 g/mol. The highest BCUT2D eigenvalue weighted by Gasteiger charge is 2.67. The van der Waals surface area contributed by atoms with Gasteiger partial charge in [0.25, 0.3) is 0 Å². The SMILES string of the molecule is CCCOC(=O)[C@@H]1[C@H]2C=C[C@@]3(CN([C@@H](C)c4ccc(Br)cc4)C(=O)[C@@H]13)O2. The molecule has 0 unspecified atom stereocenters. The summed E-state index contributed by atoms with van der Waals surface area (Å²) in [6.07, 6.45) is 4.29. The highest BCUT2D eigenvalue weighted by molar-refractivity contribution is 9.10. The largest absolute Gasteiger partial charge is 0.465 e. The quantitative estimate of drug-likeness (QED) is 0.542. The fourth-order valence-corrected chi connectivity index (χ4v) is 4.61. The fraction of sp³-hybridized carbons (Fsp3) is 0.500. The maximum atomic E-state index is 13.2. The van der Waals surface area contributed by atoms with Gasteiger partial charge in [-0.2, -0.15) is 0 Å². The zero-order valence-electron chi connectivity index (χ0n) is 14.9. The molecule has 0 aliphatic carbocycles. The molecule has 26 heavy (non-hydrogen) atoms. The van der Waals surface area contributed by atoms with E-state index >= 15 is 0 Å². The van der Waals surface area contributed by atoms with Gasteiger partial charge in [-0.3, -0.25) is 9.59 Å². The first kappa shape index (κ1) is 17.7. The van der Waals surface area contributed by atoms with Crippen LogP contribution in [0.4, 0.5) is 0 Å². The molecule has 1 aromatic rings. The minimum atomic E-state index is -0.693. The smallest absolute Gasteiger partial charge is 0.312 e. The fourth-order valence-electron chi connectivity index (χ4n) is 4.35. The van der Waals surface area contributed by atoms with Gasteiger partial charge in [0.1, 0.15) is 11.5 Å². The zero-order valence-corrected chi connectivity index (χ0v) is 16.4. The van der Waals surface area contributed by atoms with Crippen LogP contribution in [0.5, 0.6) is 0 Å². The van der Waals surface area contributed by atoms with Crippen LogP contribution >= 0.6 is 15.9 Å². The molecule has 4 rings (SSSR count). The van der Waals surface area contributed by atoms with Crippen molar-refractivity contribution in [2.24, 2.45) is 11.8 Å². The van der Waals surface area contributed by atoms with Crippen LogP contribution in [-0.4, -0.2) is 41.6 Å². The summed E-state index contributed by atoms with van der Waals surface area (Å²) in [6.45, 7) is 4.81. The van der Waals surface area contributed by atoms with Gasteiger partial charge in [-0.15, -0.1) is 0 Å². The number of likely N-dealkylation sites (tertiary alicyclic amines) is 1. The maximum Gasteiger partial charge on any atom is 0.312 e. The molecule has 3 aliphatic rings. The van der Waals surface area contributed by atoms with E-state index in [-0.39, 0.29) is 24.0 Å². The number of nitrogens with zero attached hydrogens (tertiary/aromatic N) is 1. The predicted molar refractivity (Wildman–Crippen MR) is 99.2 cm³/mol. The molecule has 0 radical (unpaired) electrons. The second-order valence-electron chi connectivity index (χ2n) is 7.26. The Kier molecular flexibility index (Phi) is 4.43. The molecule has 3 heterocycles. The first-order valence-corrected chi connectivity index (χ1v) is 9.86. The highest BCUT2D eigenvalue weighted by Crippen LogP contribution is 2.53. The van der Waals surface area contributed by atoms with Gasteiger partial charge in [0, 0.05) is 4.47 Å². The van der Waals surface area contributed by atoms with Gasteiger partial charge in [-0.05, 0) is 31.0 Å². The zero-order chi connectivity index (χ0) is 18.5. The van der Waals surface area contributed by atoms with Gasteiger partial charge in [0.15, 0.2) is 0 Å². The number of fused-ring (bicyclic) bond motifs is 1. The molecule has 0 saturated carbocycles. The van der Waals surface area contributed by atoms with E-state index in [2.05, 4.69) is 15.9 Å². The van der Waals surface area contributed by atoms with Gasteiger partial charge >= 0.3 is 5.97 Å². The average molecular weight is 420 g/mol. The normalized spacial score (nSPS) is 32.8. The summed E-state index contributed by atoms with van der Waals surface area (Å²) in [4.78, 5) is 27.6. The van der Waals surface area contributed by atoms with Crippen LogP contribution in [-0.2, 0) is 19.1 Å². The molecule has 138 valence electrons. The molecule has 3 aliphatic heterocycles. The Morgan fingerprint density at radius 1 is 1.42 bits per heavy atom. The lowest BCUT2D eigenvalue weighted by Gasteiger charge is -2.27. The Bertz CT molecular complexity index is 762. The molecule has 5 nitrogen and oxygen atoms in total. The van der Waals surface area contributed by atoms with Crippen LogP contribution < -0.4 is 0 Å². The third-order valence-corrected chi connectivity index (χ3v) is 6.20. The second-order valence-corrected chi connectivity index (χ2v) is 8.18. The number of carbonyl (C=O) groups is 2. The Morgan fingerprint density at radius 3 is 2.85 bits per heavy atom. The lowest BCUT2D eigenvalue weighted by molar-refractivity contribution is -0.154. The van der Waals surface area contributed by atoms with Crippen molar-refractivity contribution in [2.75, 3.05) is 13.2 Å². The number of amides is 1. The Labute approximate surface area is 161 Å². The van der Waals surface area contributed by atoms with Crippen LogP contribution in [0.15, 0.2) is 40.9 Å². The molecule has 1 spiro atoms. The number of hydrogen-bond acceptors (Lipinski definition) is 4. The van der Waals surface area contributed by atoms with E-state index in [1.54, 1.807) is 0 Å². The first-order chi connectivity index (χ1) is 12.5. The van der Waals surface area contributed by atoms with E-state index in [1.807, 2.05) is 55.2 Å². The predicted octanol–water partition coefficient (Wildman–Crippen LogP) is 3.25. The summed E-state index contributed by atoms with van der Waals surface area (Å²) < 4.78 is 12.5. The number of hydrogen-bond donors (Lipinski definition) is 0. The van der Waals surface area contributed by atoms with E-state index in [0.29, 0.717) is 13.2 Å². The minimum absolute atomic E-state index is 0.0225. The third-order valence-electron chi connectivity index (χ3n) is 5.67. The molecule has 2 saturated heterocycles. The van der Waals surface area contributed by atoms with Crippen LogP contribution in [0, 0.1) is 11.8 Å². The third kappa shape index (κ3) is 2.62. The van der Waals surface area contributed by atoms with E-state index in [1.165, 1.54) is 0 Å². The van der Waals surface area contributed by atoms with Crippen LogP contribution in [0.2, 0.25) is 0 Å². The topological polar surface area (TPSA) is 55.8 Å². The van der Waals surface area contributed by atoms with E-state index in [0.717, 1.165) is 16.5 Å². The first-order valence-electron chi connectivity index (χ1n) is 9.06. The van der Waals surface area contributed by atoms with Crippen molar-refractivity contribution < 1.29 is 19.1 Å². The Balaban J connectivity index is 1.59. The van der Waals surface area contributed by atoms with E-state index in [9.17, 15) is 9.59 Å². The van der Waals surface area contributed by atoms with E-state index in [4.69, 9.17) is 9.47 Å². The molecular formula is C20H22BrNO4. The van der Waals surface area contributed by atoms with E-state index < -0.39 is 17.4 Å². The molecule has 2 bridgehead atoms. The number of benzene rings is 1. The standard InChI is InChI=1S/C20H22BrNO4/c1-3-10-25-19(24)16-15-8-9-20(26-15)11-22(18(23)17(16)20)12(2)13-4-6-14(21)7-5-13/h4-9,12,15-17H,3,10-11H2,1-2H3/t12-,15+,16+,17+,20-/m0/s1. The number of esters is 1. The maximum absolute atomic E-state index is 13.2. The van der Waals surface area contributed by atoms with Crippen molar-refractivity contribution in [1.82, 2.24) is 4.90 Å². The molecule has 1 aromatic carbocycles. The molecular weight excluding hydrogens is 398 g/mol. The highest BCUT2D eigenvalue weighted by atomic mass is 79.9. The lowest BCUT2D eigenvalue weighted by Crippen LogP contribution is -2.40. The summed E-state index contributed by atoms with van der Waals surface area (Å²) in [5.74, 6) is -1.37. The Hall–Kier alpha value is -1.66. The Morgan fingerprint density at radius 2 is 2.15 bits per heavy atom. The van der Waals surface area contributed by atoms with Crippen LogP contribution in [0.3, 0.4) is 0 Å². The molecule has 6 heteroatoms. The summed E-state index contributed by atoms with van der Waals surface area (Å²) in [5.41, 5.74) is 0.364. The van der Waals surface area contributed by atoms with Crippen LogP contribution in [0.1, 0.15) is 31.9 Å². The summed E-state index contributed by atoms with van der Waals surface area (Å²) in [5, 5.41) is 0. The van der Waals surface area contributed by atoms with Gasteiger partial charge in [-0.25, -0.2) is 0 Å². The second kappa shape index (κ2) is 6.50. The molecule has 5 atom stereocenters. The van der Waals surface area contributed by atoms with Gasteiger partial charge in [0.2, 0.25) is 5.91 Å². The van der Waals surface area contributed by atoms with Crippen molar-refractivity contribution in [1.29, 1.82) is 0 Å². The molecule has 0 aromatic heterocycles. The van der Waals surface area contributed by atoms with Crippen molar-refractivity contribution in [2.45, 2.75) is 38.0 Å². The van der Waals surface area contributed by atoms with Crippen molar-refractivity contribution in [3.05, 3.63) is 46.5 Å². The lowest BCUT2D eigenvalue weighted by atomic mass is 9.77. The molecule has 0 N–H and O–H groups in total. The summed E-state index contributed by atoms with van der Waals surface area (Å²) >= 11 is 3.44. The van der Waals surface area contributed by atoms with Gasteiger partial charge in [0.05, 0.1) is 31.2 Å². The summed E-state index contributed by atoms with van der Waals surface area (Å²) in [6, 6.07) is 7.87. The number of carbonyl (C=O) groups excluding carboxylic acids is 2. The number of ether oxygens (including phenoxy) is 2. The minimum Gasteiger partial charge on any atom is -0.465 e. The van der Waals surface area contributed by atoms with Gasteiger partial charge in [-0.1, -0.05) is 47.1 Å².